The molecular formula is C14H14O3S. The van der Waals surface area contributed by atoms with Gasteiger partial charge in [0.1, 0.15) is 5.75 Å². The van der Waals surface area contributed by atoms with Crippen LogP contribution in [-0.2, 0) is 11.2 Å². The van der Waals surface area contributed by atoms with Crippen molar-refractivity contribution < 1.29 is 14.3 Å². The maximum atomic E-state index is 11.6. The average molecular weight is 262 g/mol. The van der Waals surface area contributed by atoms with Crippen LogP contribution in [0.1, 0.15) is 20.1 Å². The van der Waals surface area contributed by atoms with Gasteiger partial charge in [0, 0.05) is 11.3 Å². The topological polar surface area (TPSA) is 35.5 Å². The van der Waals surface area contributed by atoms with Crippen molar-refractivity contribution in [2.45, 2.75) is 6.42 Å². The molecule has 0 amide bonds. The molecule has 4 heteroatoms. The Morgan fingerprint density at radius 3 is 2.56 bits per heavy atom. The second kappa shape index (κ2) is 5.69. The van der Waals surface area contributed by atoms with Crippen molar-refractivity contribution in [2.24, 2.45) is 0 Å². The summed E-state index contributed by atoms with van der Waals surface area (Å²) < 4.78 is 9.93. The molecule has 0 saturated carbocycles. The second-order valence-electron chi connectivity index (χ2n) is 3.76. The maximum Gasteiger partial charge on any atom is 0.351 e. The molecule has 18 heavy (non-hydrogen) atoms. The highest BCUT2D eigenvalue weighted by molar-refractivity contribution is 7.14. The van der Waals surface area contributed by atoms with Crippen LogP contribution in [-0.4, -0.2) is 20.2 Å². The van der Waals surface area contributed by atoms with Crippen LogP contribution in [0.5, 0.6) is 5.75 Å². The van der Waals surface area contributed by atoms with Crippen LogP contribution in [0.3, 0.4) is 0 Å². The van der Waals surface area contributed by atoms with E-state index >= 15 is 0 Å². The number of carbonyl (C=O) groups excluding carboxylic acids is 1. The summed E-state index contributed by atoms with van der Waals surface area (Å²) >= 11 is 1.41. The number of esters is 1. The molecule has 0 aliphatic carbocycles. The van der Waals surface area contributed by atoms with Gasteiger partial charge in [0.05, 0.1) is 14.2 Å². The Hall–Kier alpha value is -1.81. The van der Waals surface area contributed by atoms with Crippen LogP contribution in [0.2, 0.25) is 0 Å². The largest absolute Gasteiger partial charge is 0.495 e. The summed E-state index contributed by atoms with van der Waals surface area (Å²) in [5, 5.41) is 0. The van der Waals surface area contributed by atoms with Crippen molar-refractivity contribution in [3.8, 4) is 5.75 Å². The predicted molar refractivity (Wildman–Crippen MR) is 71.5 cm³/mol. The molecule has 94 valence electrons. The van der Waals surface area contributed by atoms with E-state index in [2.05, 4.69) is 12.1 Å². The number of ether oxygens (including phenoxy) is 2. The summed E-state index contributed by atoms with van der Waals surface area (Å²) in [6.07, 6.45) is 0.791. The van der Waals surface area contributed by atoms with Gasteiger partial charge in [0.15, 0.2) is 4.88 Å². The fourth-order valence-corrected chi connectivity index (χ4v) is 2.77. The quantitative estimate of drug-likeness (QED) is 0.794. The lowest BCUT2D eigenvalue weighted by atomic mass is 10.1. The first-order chi connectivity index (χ1) is 8.74. The lowest BCUT2D eigenvalue weighted by molar-refractivity contribution is 0.0603. The molecule has 3 nitrogen and oxygen atoms in total. The maximum absolute atomic E-state index is 11.6. The summed E-state index contributed by atoms with van der Waals surface area (Å²) in [6.45, 7) is 0. The van der Waals surface area contributed by atoms with Gasteiger partial charge >= 0.3 is 5.97 Å². The number of thiophene rings is 1. The van der Waals surface area contributed by atoms with Crippen molar-refractivity contribution in [3.05, 3.63) is 51.7 Å². The summed E-state index contributed by atoms with van der Waals surface area (Å²) in [7, 11) is 2.93. The smallest absolute Gasteiger partial charge is 0.351 e. The first-order valence-electron chi connectivity index (χ1n) is 5.53. The molecule has 1 aromatic carbocycles. The van der Waals surface area contributed by atoms with E-state index < -0.39 is 0 Å². The third-order valence-electron chi connectivity index (χ3n) is 2.56. The first kappa shape index (κ1) is 12.6. The number of rotatable bonds is 4. The lowest BCUT2D eigenvalue weighted by Gasteiger charge is -1.98. The molecule has 0 saturated heterocycles. The molecule has 2 aromatic rings. The molecule has 0 aliphatic rings. The number of hydrogen-bond donors (Lipinski definition) is 0. The third-order valence-corrected chi connectivity index (χ3v) is 3.66. The zero-order valence-electron chi connectivity index (χ0n) is 10.3. The number of hydrogen-bond acceptors (Lipinski definition) is 4. The van der Waals surface area contributed by atoms with Crippen molar-refractivity contribution in [1.82, 2.24) is 0 Å². The highest BCUT2D eigenvalue weighted by atomic mass is 32.1. The van der Waals surface area contributed by atoms with Crippen LogP contribution >= 0.6 is 11.3 Å². The Morgan fingerprint density at radius 1 is 1.22 bits per heavy atom. The number of carbonyl (C=O) groups is 1. The van der Waals surface area contributed by atoms with E-state index in [0.717, 1.165) is 11.3 Å². The molecular weight excluding hydrogens is 248 g/mol. The highest BCUT2D eigenvalue weighted by Gasteiger charge is 2.17. The number of benzene rings is 1. The molecule has 0 bridgehead atoms. The lowest BCUT2D eigenvalue weighted by Crippen LogP contribution is -1.99. The van der Waals surface area contributed by atoms with Crippen LogP contribution in [0, 0.1) is 0 Å². The Kier molecular flexibility index (Phi) is 3.99. The SMILES string of the molecule is COC(=O)c1sc(Cc2ccccc2)cc1OC. The van der Waals surface area contributed by atoms with E-state index in [9.17, 15) is 4.79 Å². The summed E-state index contributed by atoms with van der Waals surface area (Å²) in [6, 6.07) is 12.0. The van der Waals surface area contributed by atoms with Crippen LogP contribution in [0.25, 0.3) is 0 Å². The predicted octanol–water partition coefficient (Wildman–Crippen LogP) is 3.13. The average Bonchev–Trinajstić information content (AvgIpc) is 2.82. The zero-order chi connectivity index (χ0) is 13.0. The fourth-order valence-electron chi connectivity index (χ4n) is 1.69. The van der Waals surface area contributed by atoms with Gasteiger partial charge in [-0.05, 0) is 11.6 Å². The van der Waals surface area contributed by atoms with E-state index in [0.29, 0.717) is 10.6 Å². The highest BCUT2D eigenvalue weighted by Crippen LogP contribution is 2.31. The molecule has 2 rings (SSSR count). The second-order valence-corrected chi connectivity index (χ2v) is 4.90. The van der Waals surface area contributed by atoms with E-state index in [-0.39, 0.29) is 5.97 Å². The van der Waals surface area contributed by atoms with Gasteiger partial charge in [-0.25, -0.2) is 4.79 Å². The molecule has 0 spiro atoms. The molecule has 0 aliphatic heterocycles. The minimum absolute atomic E-state index is 0.351. The zero-order valence-corrected chi connectivity index (χ0v) is 11.1. The monoisotopic (exact) mass is 262 g/mol. The van der Waals surface area contributed by atoms with Gasteiger partial charge in [-0.3, -0.25) is 0 Å². The Bertz CT molecular complexity index is 531. The van der Waals surface area contributed by atoms with Gasteiger partial charge in [-0.2, -0.15) is 0 Å². The van der Waals surface area contributed by atoms with E-state index in [1.54, 1.807) is 7.11 Å². The molecule has 1 heterocycles. The molecule has 1 aromatic heterocycles. The van der Waals surface area contributed by atoms with Crippen LogP contribution < -0.4 is 4.74 Å². The van der Waals surface area contributed by atoms with E-state index in [1.165, 1.54) is 24.0 Å². The fraction of sp³-hybridized carbons (Fsp3) is 0.214. The molecule has 0 N–H and O–H groups in total. The molecule has 0 radical (unpaired) electrons. The molecule has 0 atom stereocenters. The minimum atomic E-state index is -0.351. The standard InChI is InChI=1S/C14H14O3S/c1-16-12-9-11(18-13(12)14(15)17-2)8-10-6-4-3-5-7-10/h3-7,9H,8H2,1-2H3. The van der Waals surface area contributed by atoms with Crippen LogP contribution in [0.4, 0.5) is 0 Å². The van der Waals surface area contributed by atoms with Crippen molar-refractivity contribution in [3.63, 3.8) is 0 Å². The first-order valence-corrected chi connectivity index (χ1v) is 6.35. The Morgan fingerprint density at radius 2 is 1.94 bits per heavy atom. The van der Waals surface area contributed by atoms with Gasteiger partial charge in [0.25, 0.3) is 0 Å². The van der Waals surface area contributed by atoms with Crippen molar-refractivity contribution in [1.29, 1.82) is 0 Å². The van der Waals surface area contributed by atoms with E-state index in [1.807, 2.05) is 24.3 Å². The summed E-state index contributed by atoms with van der Waals surface area (Å²) in [5.74, 6) is 0.231. The normalized spacial score (nSPS) is 10.1. The Balaban J connectivity index is 2.25. The van der Waals surface area contributed by atoms with Gasteiger partial charge < -0.3 is 9.47 Å². The van der Waals surface area contributed by atoms with Gasteiger partial charge in [-0.1, -0.05) is 30.3 Å². The van der Waals surface area contributed by atoms with Crippen molar-refractivity contribution in [2.75, 3.05) is 14.2 Å². The van der Waals surface area contributed by atoms with Crippen LogP contribution in [0.15, 0.2) is 36.4 Å². The molecule has 0 fully saturated rings. The van der Waals surface area contributed by atoms with Gasteiger partial charge in [0.2, 0.25) is 0 Å². The number of methoxy groups -OCH3 is 2. The third kappa shape index (κ3) is 2.71. The summed E-state index contributed by atoms with van der Waals surface area (Å²) in [4.78, 5) is 13.2. The summed E-state index contributed by atoms with van der Waals surface area (Å²) in [5.41, 5.74) is 1.21. The minimum Gasteiger partial charge on any atom is -0.495 e. The van der Waals surface area contributed by atoms with Gasteiger partial charge in [-0.15, -0.1) is 11.3 Å². The molecule has 0 unspecified atom stereocenters. The van der Waals surface area contributed by atoms with E-state index in [4.69, 9.17) is 9.47 Å². The Labute approximate surface area is 110 Å². The van der Waals surface area contributed by atoms with Crippen molar-refractivity contribution >= 4 is 17.3 Å².